The summed E-state index contributed by atoms with van der Waals surface area (Å²) in [5, 5.41) is 0. The van der Waals surface area contributed by atoms with Gasteiger partial charge in [-0.05, 0) is 0 Å². The minimum atomic E-state index is -5.17. The van der Waals surface area contributed by atoms with Gasteiger partial charge in [0.25, 0.3) is 0 Å². The summed E-state index contributed by atoms with van der Waals surface area (Å²) in [7, 11) is -10.3. The zero-order chi connectivity index (χ0) is 11.0. The van der Waals surface area contributed by atoms with Crippen LogP contribution in [0.15, 0.2) is 0 Å². The monoisotopic (exact) mass is 305 g/mol. The second kappa shape index (κ2) is 15.1. The Hall–Kier alpha value is 2.12. The van der Waals surface area contributed by atoms with Gasteiger partial charge in [0, 0.05) is 20.8 Å². The first-order chi connectivity index (χ1) is 5.00. The normalized spacial score (nSPS) is 8.71. The van der Waals surface area contributed by atoms with Gasteiger partial charge in [0.2, 0.25) is 0 Å². The van der Waals surface area contributed by atoms with Crippen molar-refractivity contribution in [1.82, 2.24) is 0 Å². The second-order valence-electron chi connectivity index (χ2n) is 0.816. The molecule has 0 radical (unpaired) electrons. The van der Waals surface area contributed by atoms with Crippen molar-refractivity contribution >= 4 is 20.8 Å². The zero-order valence-electron chi connectivity index (χ0n) is 6.94. The van der Waals surface area contributed by atoms with E-state index in [0.29, 0.717) is 0 Å². The molecule has 0 saturated heterocycles. The summed E-state index contributed by atoms with van der Waals surface area (Å²) >= 11 is 1.06. The third-order valence-corrected chi connectivity index (χ3v) is 0. The molecule has 14 heavy (non-hydrogen) atoms. The van der Waals surface area contributed by atoms with Crippen molar-refractivity contribution in [2.24, 2.45) is 0 Å². The molecule has 0 aliphatic heterocycles. The summed E-state index contributed by atoms with van der Waals surface area (Å²) in [4.78, 5) is 0. The Morgan fingerprint density at radius 1 is 0.643 bits per heavy atom. The van der Waals surface area contributed by atoms with Gasteiger partial charge in [0.15, 0.2) is 0 Å². The minimum absolute atomic E-state index is 0. The fourth-order valence-electron chi connectivity index (χ4n) is 0. The molecule has 0 heterocycles. The van der Waals surface area contributed by atoms with Gasteiger partial charge in [0.1, 0.15) is 0 Å². The van der Waals surface area contributed by atoms with Crippen LogP contribution < -0.4 is 59.1 Å². The van der Waals surface area contributed by atoms with Crippen LogP contribution in [0.2, 0.25) is 0 Å². The summed E-state index contributed by atoms with van der Waals surface area (Å²) in [6.45, 7) is 0. The first-order valence-electron chi connectivity index (χ1n) is 1.52. The summed E-state index contributed by atoms with van der Waals surface area (Å²) < 4.78 is 76.4. The fraction of sp³-hybridized carbons (Fsp3) is 0. The predicted octanol–water partition coefficient (Wildman–Crippen LogP) is -8.79. The van der Waals surface area contributed by atoms with E-state index in [2.05, 4.69) is 0 Å². The number of hydrogen-bond acceptors (Lipinski definition) is 9. The molecule has 0 saturated carbocycles. The van der Waals surface area contributed by atoms with Gasteiger partial charge in [-0.3, -0.25) is 16.8 Å². The molecule has 0 aliphatic carbocycles. The number of hydrogen-bond donors (Lipinski definition) is 0. The van der Waals surface area contributed by atoms with Gasteiger partial charge in [-0.1, -0.05) is 0 Å². The second-order valence-corrected chi connectivity index (χ2v) is 2.45. The summed E-state index contributed by atoms with van der Waals surface area (Å²) in [6.07, 6.45) is 0. The van der Waals surface area contributed by atoms with Crippen molar-refractivity contribution in [3.63, 3.8) is 0 Å². The molecule has 0 aromatic rings. The van der Waals surface area contributed by atoms with Gasteiger partial charge in [-0.15, -0.1) is 0 Å². The Kier molecular flexibility index (Phi) is 32.2. The quantitative estimate of drug-likeness (QED) is 0.238. The molecule has 14 heteroatoms. The summed E-state index contributed by atoms with van der Waals surface area (Å²) in [6, 6.07) is 0. The molecule has 0 spiro atoms. The van der Waals surface area contributed by atoms with E-state index < -0.39 is 20.8 Å². The maximum absolute atomic E-state index is 8.52. The molecule has 0 bridgehead atoms. The standard InChI is InChI=1S/2Na.2H2O4S.O.V/c;;2*1-5(2,3)4;;/h;;2*(H2,1,2,3,4);;/q2*+1;;;;+2/p-4. The van der Waals surface area contributed by atoms with E-state index in [-0.39, 0.29) is 59.1 Å². The van der Waals surface area contributed by atoms with Crippen molar-refractivity contribution < 1.29 is 115 Å². The van der Waals surface area contributed by atoms with Crippen molar-refractivity contribution in [2.45, 2.75) is 0 Å². The number of rotatable bonds is 0. The van der Waals surface area contributed by atoms with Gasteiger partial charge in [0.05, 0.1) is 0 Å². The van der Waals surface area contributed by atoms with Crippen LogP contribution >= 0.6 is 0 Å². The third-order valence-electron chi connectivity index (χ3n) is 0. The van der Waals surface area contributed by atoms with E-state index in [0.717, 1.165) is 17.4 Å². The molecule has 0 amide bonds. The van der Waals surface area contributed by atoms with Crippen LogP contribution in [0.5, 0.6) is 0 Å². The predicted molar refractivity (Wildman–Crippen MR) is 21.6 cm³/mol. The van der Waals surface area contributed by atoms with E-state index in [9.17, 15) is 0 Å². The van der Waals surface area contributed by atoms with Crippen LogP contribution in [0.25, 0.3) is 0 Å². The molecule has 0 unspecified atom stereocenters. The molecule has 0 fully saturated rings. The van der Waals surface area contributed by atoms with Gasteiger partial charge < -0.3 is 18.2 Å². The van der Waals surface area contributed by atoms with Crippen LogP contribution in [-0.4, -0.2) is 35.0 Å². The van der Waals surface area contributed by atoms with E-state index in [1.165, 1.54) is 0 Å². The Morgan fingerprint density at radius 3 is 0.643 bits per heavy atom. The zero-order valence-corrected chi connectivity index (χ0v) is 14.0. The van der Waals surface area contributed by atoms with Crippen molar-refractivity contribution in [3.8, 4) is 0 Å². The maximum atomic E-state index is 8.52. The van der Waals surface area contributed by atoms with E-state index >= 15 is 0 Å². The van der Waals surface area contributed by atoms with Crippen molar-refractivity contribution in [3.05, 3.63) is 0 Å². The van der Waals surface area contributed by atoms with Crippen LogP contribution in [-0.2, 0) is 41.8 Å². The molecule has 0 atom stereocenters. The fourth-order valence-corrected chi connectivity index (χ4v) is 0. The van der Waals surface area contributed by atoms with Crippen LogP contribution in [0.1, 0.15) is 0 Å². The first-order valence-corrected chi connectivity index (χ1v) is 4.75. The van der Waals surface area contributed by atoms with Crippen LogP contribution in [0, 0.1) is 0 Å². The summed E-state index contributed by atoms with van der Waals surface area (Å²) in [5.41, 5.74) is 0. The van der Waals surface area contributed by atoms with E-state index in [1.54, 1.807) is 0 Å². The van der Waals surface area contributed by atoms with Gasteiger partial charge in [-0.25, -0.2) is 0 Å². The molecule has 0 aliphatic rings. The molecule has 9 nitrogen and oxygen atoms in total. The molecule has 0 N–H and O–H groups in total. The molecule has 73 valence electrons. The Labute approximate surface area is 134 Å². The first kappa shape index (κ1) is 29.8. The Morgan fingerprint density at radius 2 is 0.643 bits per heavy atom. The Balaban J connectivity index is -0.0000000292. The van der Waals surface area contributed by atoms with Crippen molar-refractivity contribution in [2.75, 3.05) is 0 Å². The summed E-state index contributed by atoms with van der Waals surface area (Å²) in [5.74, 6) is 0. The topological polar surface area (TPSA) is 178 Å². The molecule has 0 rings (SSSR count). The third kappa shape index (κ3) is 539. The molecule has 0 aromatic carbocycles. The van der Waals surface area contributed by atoms with Crippen LogP contribution in [0.4, 0.5) is 0 Å². The average Bonchev–Trinajstić information content (AvgIpc) is 1.59. The van der Waals surface area contributed by atoms with Crippen LogP contribution in [0.3, 0.4) is 0 Å². The van der Waals surface area contributed by atoms with Gasteiger partial charge >= 0.3 is 80.2 Å². The SMILES string of the molecule is O=S(=O)([O-])[O-].O=S(=O)([O-])[O-].[Na+].[Na+].[O]=[V+2]. The van der Waals surface area contributed by atoms with E-state index in [1.807, 2.05) is 0 Å². The van der Waals surface area contributed by atoms with Gasteiger partial charge in [-0.2, -0.15) is 0 Å². The molecular weight excluding hydrogens is 305 g/mol. The Bertz CT molecular complexity index is 230. The van der Waals surface area contributed by atoms with Crippen molar-refractivity contribution in [1.29, 1.82) is 0 Å². The average molecular weight is 305 g/mol. The molecule has 0 aromatic heterocycles. The molecular formula is Na2O9S2V. The van der Waals surface area contributed by atoms with E-state index in [4.69, 9.17) is 38.7 Å².